The molecule has 2 aromatic rings. The Bertz CT molecular complexity index is 510. The second-order valence-corrected chi connectivity index (χ2v) is 3.04. The van der Waals surface area contributed by atoms with Gasteiger partial charge in [0, 0.05) is 7.05 Å². The highest BCUT2D eigenvalue weighted by Crippen LogP contribution is 2.07. The molecule has 1 aromatic heterocycles. The molecule has 1 heterocycles. The average molecular weight is 175 g/mol. The Morgan fingerprint density at radius 3 is 2.92 bits per heavy atom. The Balaban J connectivity index is 2.97. The molecule has 0 radical (unpaired) electrons. The van der Waals surface area contributed by atoms with Crippen LogP contribution in [0.1, 0.15) is 5.56 Å². The van der Waals surface area contributed by atoms with Crippen LogP contribution in [-0.4, -0.2) is 15.0 Å². The van der Waals surface area contributed by atoms with Gasteiger partial charge in [-0.15, -0.1) is 5.10 Å². The molecule has 0 saturated carbocycles. The number of hydrogen-bond acceptors (Lipinski definition) is 3. The molecule has 0 fully saturated rings. The number of rotatable bonds is 0. The molecule has 4 heteroatoms. The fraction of sp³-hybridized carbons (Fsp3) is 0.222. The van der Waals surface area contributed by atoms with Crippen molar-refractivity contribution in [1.82, 2.24) is 15.0 Å². The molecule has 0 aliphatic heterocycles. The Labute approximate surface area is 74.8 Å². The van der Waals surface area contributed by atoms with Gasteiger partial charge in [-0.2, -0.15) is 0 Å². The topological polar surface area (TPSA) is 47.8 Å². The largest absolute Gasteiger partial charge is 0.277 e. The predicted molar refractivity (Wildman–Crippen MR) is 49.5 cm³/mol. The summed E-state index contributed by atoms with van der Waals surface area (Å²) in [4.78, 5) is 11.5. The van der Waals surface area contributed by atoms with Gasteiger partial charge in [0.2, 0.25) is 0 Å². The molecule has 0 saturated heterocycles. The summed E-state index contributed by atoms with van der Waals surface area (Å²) < 4.78 is 1.24. The van der Waals surface area contributed by atoms with Gasteiger partial charge in [-0.1, -0.05) is 16.8 Å². The summed E-state index contributed by atoms with van der Waals surface area (Å²) in [6, 6.07) is 5.54. The van der Waals surface area contributed by atoms with E-state index in [1.165, 1.54) is 4.68 Å². The summed E-state index contributed by atoms with van der Waals surface area (Å²) >= 11 is 0. The van der Waals surface area contributed by atoms with E-state index in [0.29, 0.717) is 10.9 Å². The van der Waals surface area contributed by atoms with Gasteiger partial charge in [0.05, 0.1) is 5.39 Å². The summed E-state index contributed by atoms with van der Waals surface area (Å²) in [5.41, 5.74) is 1.60. The number of nitrogens with zero attached hydrogens (tertiary/aromatic N) is 3. The summed E-state index contributed by atoms with van der Waals surface area (Å²) in [5, 5.41) is 8.21. The number of benzene rings is 1. The van der Waals surface area contributed by atoms with E-state index >= 15 is 0 Å². The minimum absolute atomic E-state index is 0.103. The third-order valence-electron chi connectivity index (χ3n) is 1.96. The lowest BCUT2D eigenvalue weighted by atomic mass is 10.2. The third kappa shape index (κ3) is 1.20. The quantitative estimate of drug-likeness (QED) is 0.590. The highest BCUT2D eigenvalue weighted by molar-refractivity contribution is 5.77. The average Bonchev–Trinajstić information content (AvgIpc) is 2.12. The number of aryl methyl sites for hydroxylation is 2. The summed E-state index contributed by atoms with van der Waals surface area (Å²) in [6.45, 7) is 1.94. The highest BCUT2D eigenvalue weighted by Gasteiger charge is 2.01. The normalized spacial score (nSPS) is 10.6. The summed E-state index contributed by atoms with van der Waals surface area (Å²) in [5.74, 6) is 0. The molecule has 2 rings (SSSR count). The van der Waals surface area contributed by atoms with E-state index < -0.39 is 0 Å². The monoisotopic (exact) mass is 175 g/mol. The Kier molecular flexibility index (Phi) is 1.62. The number of fused-ring (bicyclic) bond motifs is 1. The van der Waals surface area contributed by atoms with Gasteiger partial charge >= 0.3 is 0 Å². The standard InChI is InChI=1S/C9H9N3O/c1-6-3-4-8-7(5-6)9(13)12(2)11-10-8/h3-5H,1-2H3. The van der Waals surface area contributed by atoms with Gasteiger partial charge in [-0.25, -0.2) is 4.68 Å². The van der Waals surface area contributed by atoms with E-state index in [2.05, 4.69) is 10.3 Å². The first-order valence-electron chi connectivity index (χ1n) is 3.99. The zero-order valence-electron chi connectivity index (χ0n) is 7.48. The van der Waals surface area contributed by atoms with Crippen molar-refractivity contribution in [3.63, 3.8) is 0 Å². The fourth-order valence-electron chi connectivity index (χ4n) is 1.24. The molecule has 66 valence electrons. The SMILES string of the molecule is Cc1ccc2nnn(C)c(=O)c2c1. The van der Waals surface area contributed by atoms with Crippen LogP contribution in [0, 0.1) is 6.92 Å². The van der Waals surface area contributed by atoms with Crippen molar-refractivity contribution in [2.75, 3.05) is 0 Å². The number of aromatic nitrogens is 3. The van der Waals surface area contributed by atoms with Crippen molar-refractivity contribution in [3.8, 4) is 0 Å². The van der Waals surface area contributed by atoms with Gasteiger partial charge in [0.1, 0.15) is 5.52 Å². The zero-order chi connectivity index (χ0) is 9.42. The van der Waals surface area contributed by atoms with Crippen LogP contribution in [0.25, 0.3) is 10.9 Å². The summed E-state index contributed by atoms with van der Waals surface area (Å²) in [7, 11) is 1.59. The lowest BCUT2D eigenvalue weighted by Crippen LogP contribution is -2.20. The van der Waals surface area contributed by atoms with E-state index in [-0.39, 0.29) is 5.56 Å². The number of hydrogen-bond donors (Lipinski definition) is 0. The molecule has 0 aliphatic carbocycles. The first kappa shape index (κ1) is 7.91. The van der Waals surface area contributed by atoms with Crippen LogP contribution in [0.15, 0.2) is 23.0 Å². The third-order valence-corrected chi connectivity index (χ3v) is 1.96. The van der Waals surface area contributed by atoms with Crippen molar-refractivity contribution in [2.45, 2.75) is 6.92 Å². The maximum Gasteiger partial charge on any atom is 0.277 e. The molecule has 4 nitrogen and oxygen atoms in total. The molecule has 1 aromatic carbocycles. The van der Waals surface area contributed by atoms with Crippen LogP contribution < -0.4 is 5.56 Å². The van der Waals surface area contributed by atoms with Crippen LogP contribution in [0.2, 0.25) is 0 Å². The molecule has 13 heavy (non-hydrogen) atoms. The van der Waals surface area contributed by atoms with Gasteiger partial charge in [0.15, 0.2) is 0 Å². The first-order valence-corrected chi connectivity index (χ1v) is 3.99. The fourth-order valence-corrected chi connectivity index (χ4v) is 1.24. The Morgan fingerprint density at radius 1 is 1.38 bits per heavy atom. The van der Waals surface area contributed by atoms with Crippen molar-refractivity contribution in [2.24, 2.45) is 7.05 Å². The van der Waals surface area contributed by atoms with Crippen LogP contribution in [-0.2, 0) is 7.05 Å². The molecule has 0 N–H and O–H groups in total. The molecular formula is C9H9N3O. The van der Waals surface area contributed by atoms with E-state index in [1.807, 2.05) is 19.1 Å². The van der Waals surface area contributed by atoms with Gasteiger partial charge in [-0.05, 0) is 19.1 Å². The second kappa shape index (κ2) is 2.65. The van der Waals surface area contributed by atoms with E-state index in [4.69, 9.17) is 0 Å². The van der Waals surface area contributed by atoms with Crippen molar-refractivity contribution >= 4 is 10.9 Å². The lowest BCUT2D eigenvalue weighted by molar-refractivity contribution is 0.656. The van der Waals surface area contributed by atoms with E-state index in [9.17, 15) is 4.79 Å². The second-order valence-electron chi connectivity index (χ2n) is 3.04. The molecule has 0 bridgehead atoms. The molecule has 0 aliphatic rings. The summed E-state index contributed by atoms with van der Waals surface area (Å²) in [6.07, 6.45) is 0. The predicted octanol–water partition coefficient (Wildman–Crippen LogP) is 0.637. The van der Waals surface area contributed by atoms with Crippen LogP contribution in [0.5, 0.6) is 0 Å². The maximum atomic E-state index is 11.5. The van der Waals surface area contributed by atoms with Gasteiger partial charge in [0.25, 0.3) is 5.56 Å². The lowest BCUT2D eigenvalue weighted by Gasteiger charge is -1.98. The molecule has 0 unspecified atom stereocenters. The van der Waals surface area contributed by atoms with Crippen LogP contribution in [0.4, 0.5) is 0 Å². The van der Waals surface area contributed by atoms with Crippen molar-refractivity contribution in [1.29, 1.82) is 0 Å². The highest BCUT2D eigenvalue weighted by atomic mass is 16.1. The van der Waals surface area contributed by atoms with Crippen LogP contribution >= 0.6 is 0 Å². The van der Waals surface area contributed by atoms with Crippen molar-refractivity contribution < 1.29 is 0 Å². The molecule has 0 spiro atoms. The van der Waals surface area contributed by atoms with Crippen LogP contribution in [0.3, 0.4) is 0 Å². The van der Waals surface area contributed by atoms with E-state index in [1.54, 1.807) is 13.1 Å². The minimum atomic E-state index is -0.103. The zero-order valence-corrected chi connectivity index (χ0v) is 7.48. The van der Waals surface area contributed by atoms with Crippen molar-refractivity contribution in [3.05, 3.63) is 34.1 Å². The Morgan fingerprint density at radius 2 is 2.15 bits per heavy atom. The minimum Gasteiger partial charge on any atom is -0.267 e. The Hall–Kier alpha value is -1.71. The maximum absolute atomic E-state index is 11.5. The molecular weight excluding hydrogens is 166 g/mol. The first-order chi connectivity index (χ1) is 6.18. The van der Waals surface area contributed by atoms with Gasteiger partial charge < -0.3 is 0 Å². The van der Waals surface area contributed by atoms with E-state index in [0.717, 1.165) is 5.56 Å². The molecule has 0 atom stereocenters. The van der Waals surface area contributed by atoms with Gasteiger partial charge in [-0.3, -0.25) is 4.79 Å². The molecule has 0 amide bonds. The smallest absolute Gasteiger partial charge is 0.267 e.